The molecule has 1 rings (SSSR count). The van der Waals surface area contributed by atoms with Gasteiger partial charge in [0.05, 0.1) is 12.3 Å². The number of aliphatic hydroxyl groups excluding tert-OH is 1. The van der Waals surface area contributed by atoms with Gasteiger partial charge in [-0.3, -0.25) is 4.98 Å². The summed E-state index contributed by atoms with van der Waals surface area (Å²) in [5.41, 5.74) is 2.73. The summed E-state index contributed by atoms with van der Waals surface area (Å²) in [6, 6.07) is 3.85. The minimum absolute atomic E-state index is 0.111. The molecule has 76 valence electrons. The topological polar surface area (TPSA) is 42.4 Å². The second kappa shape index (κ2) is 5.52. The molecule has 0 bridgehead atoms. The highest BCUT2D eigenvalue weighted by atomic mass is 16.5. The van der Waals surface area contributed by atoms with Crippen molar-refractivity contribution in [2.75, 3.05) is 13.7 Å². The summed E-state index contributed by atoms with van der Waals surface area (Å²) in [5, 5.41) is 8.73. The first-order chi connectivity index (χ1) is 6.77. The van der Waals surface area contributed by atoms with Gasteiger partial charge in [0.1, 0.15) is 0 Å². The molecule has 0 amide bonds. The number of nitrogens with zero attached hydrogens (tertiary/aromatic N) is 1. The van der Waals surface area contributed by atoms with Crippen molar-refractivity contribution < 1.29 is 9.84 Å². The quantitative estimate of drug-likeness (QED) is 0.772. The standard InChI is InChI=1S/C11H15NO2/c1-9(5-6-13)11-4-3-10(7-12-11)8-14-2/h3-4,7,13H,1,5-6,8H2,2H3. The summed E-state index contributed by atoms with van der Waals surface area (Å²) in [4.78, 5) is 4.23. The first-order valence-electron chi connectivity index (χ1n) is 4.50. The van der Waals surface area contributed by atoms with Gasteiger partial charge in [0, 0.05) is 19.9 Å². The average Bonchev–Trinajstić information content (AvgIpc) is 2.20. The minimum Gasteiger partial charge on any atom is -0.396 e. The molecule has 0 aliphatic heterocycles. The summed E-state index contributed by atoms with van der Waals surface area (Å²) >= 11 is 0. The van der Waals surface area contributed by atoms with E-state index in [2.05, 4.69) is 11.6 Å². The van der Waals surface area contributed by atoms with Crippen LogP contribution in [0.4, 0.5) is 0 Å². The Morgan fingerprint density at radius 1 is 1.57 bits per heavy atom. The number of hydrogen-bond acceptors (Lipinski definition) is 3. The zero-order chi connectivity index (χ0) is 10.4. The summed E-state index contributed by atoms with van der Waals surface area (Å²) in [7, 11) is 1.65. The molecule has 0 saturated heterocycles. The van der Waals surface area contributed by atoms with Crippen LogP contribution in [0.2, 0.25) is 0 Å². The SMILES string of the molecule is C=C(CCO)c1ccc(COC)cn1. The molecular formula is C11H15NO2. The van der Waals surface area contributed by atoms with E-state index in [0.29, 0.717) is 13.0 Å². The Labute approximate surface area is 84.1 Å². The molecule has 0 aromatic carbocycles. The van der Waals surface area contributed by atoms with Crippen LogP contribution in [-0.2, 0) is 11.3 Å². The van der Waals surface area contributed by atoms with Crippen molar-refractivity contribution >= 4 is 5.57 Å². The van der Waals surface area contributed by atoms with Crippen LogP contribution in [0.3, 0.4) is 0 Å². The average molecular weight is 193 g/mol. The van der Waals surface area contributed by atoms with E-state index in [4.69, 9.17) is 9.84 Å². The molecule has 3 heteroatoms. The minimum atomic E-state index is 0.111. The maximum Gasteiger partial charge on any atom is 0.0728 e. The molecule has 0 fully saturated rings. The van der Waals surface area contributed by atoms with Crippen LogP contribution in [-0.4, -0.2) is 23.8 Å². The molecule has 0 aliphatic carbocycles. The number of ether oxygens (including phenoxy) is 1. The van der Waals surface area contributed by atoms with Crippen molar-refractivity contribution in [1.82, 2.24) is 4.98 Å². The van der Waals surface area contributed by atoms with E-state index in [-0.39, 0.29) is 6.61 Å². The van der Waals surface area contributed by atoms with E-state index < -0.39 is 0 Å². The molecule has 1 heterocycles. The van der Waals surface area contributed by atoms with E-state index in [0.717, 1.165) is 16.8 Å². The maximum atomic E-state index is 8.73. The molecule has 0 saturated carbocycles. The largest absolute Gasteiger partial charge is 0.396 e. The maximum absolute atomic E-state index is 8.73. The third kappa shape index (κ3) is 2.94. The molecule has 3 nitrogen and oxygen atoms in total. The van der Waals surface area contributed by atoms with Crippen LogP contribution in [0.1, 0.15) is 17.7 Å². The van der Waals surface area contributed by atoms with E-state index in [9.17, 15) is 0 Å². The molecule has 0 aliphatic rings. The van der Waals surface area contributed by atoms with Gasteiger partial charge in [-0.25, -0.2) is 0 Å². The number of rotatable bonds is 5. The van der Waals surface area contributed by atoms with Gasteiger partial charge in [0.15, 0.2) is 0 Å². The Morgan fingerprint density at radius 3 is 2.86 bits per heavy atom. The van der Waals surface area contributed by atoms with Gasteiger partial charge < -0.3 is 9.84 Å². The van der Waals surface area contributed by atoms with Crippen LogP contribution < -0.4 is 0 Å². The molecule has 0 spiro atoms. The summed E-state index contributed by atoms with van der Waals surface area (Å²) < 4.78 is 4.97. The molecule has 14 heavy (non-hydrogen) atoms. The van der Waals surface area contributed by atoms with Crippen LogP contribution >= 0.6 is 0 Å². The lowest BCUT2D eigenvalue weighted by Crippen LogP contribution is -1.94. The highest BCUT2D eigenvalue weighted by Crippen LogP contribution is 2.13. The Bertz CT molecular complexity index is 293. The predicted molar refractivity (Wildman–Crippen MR) is 55.7 cm³/mol. The molecule has 0 unspecified atom stereocenters. The fraction of sp³-hybridized carbons (Fsp3) is 0.364. The Balaban J connectivity index is 2.67. The second-order valence-electron chi connectivity index (χ2n) is 3.06. The van der Waals surface area contributed by atoms with Crippen molar-refractivity contribution in [3.05, 3.63) is 36.2 Å². The fourth-order valence-electron chi connectivity index (χ4n) is 1.15. The molecule has 0 atom stereocenters. The van der Waals surface area contributed by atoms with Crippen molar-refractivity contribution in [3.8, 4) is 0 Å². The molecule has 1 N–H and O–H groups in total. The third-order valence-electron chi connectivity index (χ3n) is 1.91. The summed E-state index contributed by atoms with van der Waals surface area (Å²) in [5.74, 6) is 0. The van der Waals surface area contributed by atoms with E-state index >= 15 is 0 Å². The van der Waals surface area contributed by atoms with Crippen LogP contribution in [0.15, 0.2) is 24.9 Å². The van der Waals surface area contributed by atoms with Crippen LogP contribution in [0.25, 0.3) is 5.57 Å². The predicted octanol–water partition coefficient (Wildman–Crippen LogP) is 1.62. The number of aliphatic hydroxyl groups is 1. The van der Waals surface area contributed by atoms with E-state index in [1.54, 1.807) is 13.3 Å². The lowest BCUT2D eigenvalue weighted by Gasteiger charge is -2.04. The normalized spacial score (nSPS) is 10.1. The molecular weight excluding hydrogens is 178 g/mol. The first kappa shape index (κ1) is 10.9. The van der Waals surface area contributed by atoms with Gasteiger partial charge in [0.25, 0.3) is 0 Å². The van der Waals surface area contributed by atoms with Gasteiger partial charge in [-0.1, -0.05) is 12.6 Å². The zero-order valence-corrected chi connectivity index (χ0v) is 8.36. The van der Waals surface area contributed by atoms with Gasteiger partial charge in [-0.05, 0) is 23.6 Å². The Kier molecular flexibility index (Phi) is 4.29. The number of aromatic nitrogens is 1. The van der Waals surface area contributed by atoms with E-state index in [1.165, 1.54) is 0 Å². The van der Waals surface area contributed by atoms with Crippen LogP contribution in [0, 0.1) is 0 Å². The second-order valence-corrected chi connectivity index (χ2v) is 3.06. The highest BCUT2D eigenvalue weighted by molar-refractivity contribution is 5.59. The lowest BCUT2D eigenvalue weighted by molar-refractivity contribution is 0.184. The van der Waals surface area contributed by atoms with Crippen molar-refractivity contribution in [1.29, 1.82) is 0 Å². The highest BCUT2D eigenvalue weighted by Gasteiger charge is 1.99. The van der Waals surface area contributed by atoms with Crippen molar-refractivity contribution in [3.63, 3.8) is 0 Å². The molecule has 1 aromatic rings. The van der Waals surface area contributed by atoms with Crippen LogP contribution in [0.5, 0.6) is 0 Å². The molecule has 1 aromatic heterocycles. The van der Waals surface area contributed by atoms with Gasteiger partial charge in [-0.15, -0.1) is 0 Å². The Hall–Kier alpha value is -1.19. The Morgan fingerprint density at radius 2 is 2.36 bits per heavy atom. The fourth-order valence-corrected chi connectivity index (χ4v) is 1.15. The van der Waals surface area contributed by atoms with Crippen molar-refractivity contribution in [2.45, 2.75) is 13.0 Å². The third-order valence-corrected chi connectivity index (χ3v) is 1.91. The summed E-state index contributed by atoms with van der Waals surface area (Å²) in [6.45, 7) is 4.52. The summed E-state index contributed by atoms with van der Waals surface area (Å²) in [6.07, 6.45) is 2.33. The van der Waals surface area contributed by atoms with Gasteiger partial charge in [-0.2, -0.15) is 0 Å². The molecule has 0 radical (unpaired) electrons. The number of pyridine rings is 1. The van der Waals surface area contributed by atoms with Gasteiger partial charge >= 0.3 is 0 Å². The zero-order valence-electron chi connectivity index (χ0n) is 8.36. The lowest BCUT2D eigenvalue weighted by atomic mass is 10.1. The van der Waals surface area contributed by atoms with Gasteiger partial charge in [0.2, 0.25) is 0 Å². The van der Waals surface area contributed by atoms with Crippen molar-refractivity contribution in [2.24, 2.45) is 0 Å². The first-order valence-corrected chi connectivity index (χ1v) is 4.50. The smallest absolute Gasteiger partial charge is 0.0728 e. The monoisotopic (exact) mass is 193 g/mol. The van der Waals surface area contributed by atoms with E-state index in [1.807, 2.05) is 12.1 Å². The number of methoxy groups -OCH3 is 1. The number of hydrogen-bond donors (Lipinski definition) is 1.